The fourth-order valence-corrected chi connectivity index (χ4v) is 5.30. The van der Waals surface area contributed by atoms with E-state index in [4.69, 9.17) is 5.73 Å². The number of hydrogen-bond acceptors (Lipinski definition) is 6. The zero-order chi connectivity index (χ0) is 17.5. The maximum atomic E-state index is 9.88. The molecule has 2 N–H and O–H groups in total. The van der Waals surface area contributed by atoms with E-state index in [1.165, 1.54) is 11.3 Å². The first-order chi connectivity index (χ1) is 11.5. The van der Waals surface area contributed by atoms with Crippen LogP contribution in [0.3, 0.4) is 0 Å². The van der Waals surface area contributed by atoms with Gasteiger partial charge in [0, 0.05) is 39.7 Å². The van der Waals surface area contributed by atoms with E-state index in [9.17, 15) is 15.8 Å². The van der Waals surface area contributed by atoms with Crippen molar-refractivity contribution in [2.75, 3.05) is 20.1 Å². The van der Waals surface area contributed by atoms with Crippen molar-refractivity contribution in [2.24, 2.45) is 17.1 Å². The number of allylic oxidation sites excluding steroid dienone is 2. The number of nitrogens with zero attached hydrogens (tertiary/aromatic N) is 4. The minimum Gasteiger partial charge on any atom is -0.399 e. The molecule has 1 aliphatic carbocycles. The summed E-state index contributed by atoms with van der Waals surface area (Å²) in [7, 11) is 1.99. The molecule has 0 fully saturated rings. The lowest BCUT2D eigenvalue weighted by Gasteiger charge is -2.44. The summed E-state index contributed by atoms with van der Waals surface area (Å²) in [5.74, 6) is -0.509. The number of rotatable bonds is 1. The first-order valence-corrected chi connectivity index (χ1v) is 9.01. The van der Waals surface area contributed by atoms with Crippen molar-refractivity contribution in [3.05, 3.63) is 43.7 Å². The second kappa shape index (κ2) is 6.07. The molecule has 2 aliphatic rings. The topological polar surface area (TPSA) is 101 Å². The van der Waals surface area contributed by atoms with Gasteiger partial charge < -0.3 is 10.6 Å². The van der Waals surface area contributed by atoms with Gasteiger partial charge in [-0.05, 0) is 34.6 Å². The molecule has 0 saturated heterocycles. The Kier molecular flexibility index (Phi) is 4.24. The first kappa shape index (κ1) is 16.7. The molecule has 7 heteroatoms. The highest BCUT2D eigenvalue weighted by Gasteiger charge is 2.54. The van der Waals surface area contributed by atoms with Crippen LogP contribution >= 0.6 is 27.3 Å². The SMILES string of the molecule is CN1CC=C2C(C#N)=C(N)C(C#N)(C#N)[C@@H](c3cc(Br)cs3)[C@@H]2C1. The van der Waals surface area contributed by atoms with Crippen molar-refractivity contribution in [2.45, 2.75) is 5.92 Å². The number of thiophene rings is 1. The molecule has 0 bridgehead atoms. The Bertz CT molecular complexity index is 862. The molecule has 1 aliphatic heterocycles. The third-order valence-electron chi connectivity index (χ3n) is 4.74. The maximum Gasteiger partial charge on any atom is 0.192 e. The lowest BCUT2D eigenvalue weighted by molar-refractivity contribution is 0.240. The van der Waals surface area contributed by atoms with Crippen LogP contribution in [0.2, 0.25) is 0 Å². The molecule has 120 valence electrons. The average Bonchev–Trinajstić information content (AvgIpc) is 3.00. The molecule has 24 heavy (non-hydrogen) atoms. The number of nitrogens with two attached hydrogens (primary N) is 1. The Labute approximate surface area is 153 Å². The smallest absolute Gasteiger partial charge is 0.192 e. The summed E-state index contributed by atoms with van der Waals surface area (Å²) in [6.45, 7) is 1.40. The van der Waals surface area contributed by atoms with E-state index < -0.39 is 11.3 Å². The van der Waals surface area contributed by atoms with Gasteiger partial charge in [0.15, 0.2) is 5.41 Å². The number of fused-ring (bicyclic) bond motifs is 1. The van der Waals surface area contributed by atoms with Crippen LogP contribution in [-0.2, 0) is 0 Å². The lowest BCUT2D eigenvalue weighted by atomic mass is 9.59. The number of nitriles is 3. The van der Waals surface area contributed by atoms with E-state index in [-0.39, 0.29) is 11.6 Å². The zero-order valence-corrected chi connectivity index (χ0v) is 15.4. The first-order valence-electron chi connectivity index (χ1n) is 7.34. The van der Waals surface area contributed by atoms with Gasteiger partial charge in [-0.25, -0.2) is 0 Å². The molecule has 0 amide bonds. The van der Waals surface area contributed by atoms with E-state index in [0.717, 1.165) is 21.5 Å². The molecule has 2 atom stereocenters. The van der Waals surface area contributed by atoms with Crippen LogP contribution in [0.25, 0.3) is 0 Å². The second-order valence-corrected chi connectivity index (χ2v) is 7.92. The predicted octanol–water partition coefficient (Wildman–Crippen LogP) is 2.87. The summed E-state index contributed by atoms with van der Waals surface area (Å²) in [4.78, 5) is 3.05. The molecule has 0 aromatic carbocycles. The summed E-state index contributed by atoms with van der Waals surface area (Å²) in [5, 5.41) is 31.3. The van der Waals surface area contributed by atoms with Crippen LogP contribution in [0.1, 0.15) is 10.8 Å². The van der Waals surface area contributed by atoms with Crippen molar-refractivity contribution < 1.29 is 0 Å². The van der Waals surface area contributed by atoms with Crippen molar-refractivity contribution in [1.82, 2.24) is 4.90 Å². The molecule has 3 rings (SSSR count). The van der Waals surface area contributed by atoms with Crippen molar-refractivity contribution >= 4 is 27.3 Å². The van der Waals surface area contributed by atoms with Crippen LogP contribution in [0.4, 0.5) is 0 Å². The number of halogens is 1. The minimum absolute atomic E-state index is 0.0802. The highest BCUT2D eigenvalue weighted by Crippen LogP contribution is 2.55. The molecule has 0 unspecified atom stereocenters. The van der Waals surface area contributed by atoms with Gasteiger partial charge in [-0.1, -0.05) is 6.08 Å². The van der Waals surface area contributed by atoms with Crippen molar-refractivity contribution in [3.8, 4) is 18.2 Å². The Hall–Kier alpha value is -2.11. The van der Waals surface area contributed by atoms with E-state index in [2.05, 4.69) is 39.0 Å². The summed E-state index contributed by atoms with van der Waals surface area (Å²) in [6, 6.07) is 8.34. The van der Waals surface area contributed by atoms with E-state index >= 15 is 0 Å². The summed E-state index contributed by atoms with van der Waals surface area (Å²) < 4.78 is 0.913. The van der Waals surface area contributed by atoms with Crippen LogP contribution in [-0.4, -0.2) is 25.0 Å². The third-order valence-corrected chi connectivity index (χ3v) is 6.52. The van der Waals surface area contributed by atoms with Crippen molar-refractivity contribution in [3.63, 3.8) is 0 Å². The Balaban J connectivity index is 2.33. The second-order valence-electron chi connectivity index (χ2n) is 6.06. The summed E-state index contributed by atoms with van der Waals surface area (Å²) in [6.07, 6.45) is 1.99. The molecule has 0 radical (unpaired) electrons. The fourth-order valence-electron chi connectivity index (χ4n) is 3.62. The number of likely N-dealkylation sites (N-methyl/N-ethyl adjacent to an activating group) is 1. The molecule has 2 heterocycles. The molecule has 1 aromatic rings. The normalized spacial score (nSPS) is 25.9. The molecule has 0 spiro atoms. The third kappa shape index (κ3) is 2.27. The maximum absolute atomic E-state index is 9.88. The lowest BCUT2D eigenvalue weighted by Crippen LogP contribution is -2.47. The van der Waals surface area contributed by atoms with Gasteiger partial charge >= 0.3 is 0 Å². The molecule has 5 nitrogen and oxygen atoms in total. The largest absolute Gasteiger partial charge is 0.399 e. The van der Waals surface area contributed by atoms with E-state index in [1.54, 1.807) is 0 Å². The summed E-state index contributed by atoms with van der Waals surface area (Å²) in [5.41, 5.74) is 5.92. The standard InChI is InChI=1S/C17H14BrN5S/c1-23-3-2-11-12(5-19)16(22)17(8-20,9-21)15(13(11)6-23)14-4-10(18)7-24-14/h2,4,7,13,15H,3,6,22H2,1H3/t13-,15-/m1/s1. The molecule has 1 aromatic heterocycles. The van der Waals surface area contributed by atoms with Gasteiger partial charge in [-0.15, -0.1) is 11.3 Å². The van der Waals surface area contributed by atoms with Gasteiger partial charge in [0.2, 0.25) is 0 Å². The van der Waals surface area contributed by atoms with Crippen LogP contribution in [0, 0.1) is 45.3 Å². The van der Waals surface area contributed by atoms with Gasteiger partial charge in [0.05, 0.1) is 23.4 Å². The highest BCUT2D eigenvalue weighted by atomic mass is 79.9. The molecular weight excluding hydrogens is 386 g/mol. The van der Waals surface area contributed by atoms with Crippen LogP contribution < -0.4 is 5.73 Å². The highest BCUT2D eigenvalue weighted by molar-refractivity contribution is 9.10. The minimum atomic E-state index is -1.53. The van der Waals surface area contributed by atoms with E-state index in [1.807, 2.05) is 24.6 Å². The monoisotopic (exact) mass is 399 g/mol. The Morgan fingerprint density at radius 2 is 2.08 bits per heavy atom. The quantitative estimate of drug-likeness (QED) is 0.781. The van der Waals surface area contributed by atoms with Gasteiger partial charge in [0.1, 0.15) is 6.07 Å². The summed E-state index contributed by atoms with van der Waals surface area (Å²) >= 11 is 4.95. The molecular formula is C17H14BrN5S. The van der Waals surface area contributed by atoms with Crippen LogP contribution in [0.15, 0.2) is 38.8 Å². The average molecular weight is 400 g/mol. The Morgan fingerprint density at radius 1 is 1.38 bits per heavy atom. The van der Waals surface area contributed by atoms with Crippen LogP contribution in [0.5, 0.6) is 0 Å². The Morgan fingerprint density at radius 3 is 2.62 bits per heavy atom. The van der Waals surface area contributed by atoms with Gasteiger partial charge in [-0.2, -0.15) is 15.8 Å². The van der Waals surface area contributed by atoms with E-state index in [0.29, 0.717) is 12.1 Å². The van der Waals surface area contributed by atoms with Crippen molar-refractivity contribution in [1.29, 1.82) is 15.8 Å². The number of hydrogen-bond donors (Lipinski definition) is 1. The predicted molar refractivity (Wildman–Crippen MR) is 94.3 cm³/mol. The fraction of sp³-hybridized carbons (Fsp3) is 0.353. The zero-order valence-electron chi connectivity index (χ0n) is 13.0. The van der Waals surface area contributed by atoms with Gasteiger partial charge in [0.25, 0.3) is 0 Å². The molecule has 0 saturated carbocycles. The van der Waals surface area contributed by atoms with Gasteiger partial charge in [-0.3, -0.25) is 0 Å².